The Kier molecular flexibility index (Phi) is 7.76. The molecule has 0 saturated carbocycles. The Bertz CT molecular complexity index is 2770. The standard InChI is InChI=1S/C53H48N4/c1-34-14-11-16-36(32-34)37-17-12-18-38(33-37)56-31-29-42-49-47(28-27-41-40-20-7-8-21-44(40)53(2,3)50(41)49)57(48-24-13-23-46(55(48)4)45-22-9-10-30-54-45)52-39-19-6-5-15-35(39)25-26-43(52)51(42)56/h5-6,8-13,15-19,21-26,29-34,48H,7,14,20,27-28H2,1-4H3. The first-order valence-electron chi connectivity index (χ1n) is 20.8. The van der Waals surface area contributed by atoms with Gasteiger partial charge in [0.2, 0.25) is 0 Å². The third-order valence-electron chi connectivity index (χ3n) is 13.4. The van der Waals surface area contributed by atoms with Gasteiger partial charge in [0, 0.05) is 58.3 Å². The maximum absolute atomic E-state index is 4.84. The fraction of sp³-hybridized carbons (Fsp3) is 0.226. The van der Waals surface area contributed by atoms with Crippen LogP contribution in [-0.4, -0.2) is 27.7 Å². The highest BCUT2D eigenvalue weighted by atomic mass is 15.4. The SMILES string of the molecule is CC1C=C(c2cccc(-n3ccc4c3-c3ccc5ccccc5c3N(C3C=CC=C(c5ccccn5)N3C)C3=C4C4=C(CC3)C3=C(C=CCC3)C4(C)C)c2)C=CC1. The Morgan fingerprint density at radius 2 is 1.72 bits per heavy atom. The van der Waals surface area contributed by atoms with Gasteiger partial charge < -0.3 is 14.4 Å². The fourth-order valence-electron chi connectivity index (χ4n) is 10.8. The maximum atomic E-state index is 4.84. The molecule has 0 fully saturated rings. The van der Waals surface area contributed by atoms with E-state index in [1.165, 1.54) is 72.5 Å². The van der Waals surface area contributed by atoms with Gasteiger partial charge >= 0.3 is 0 Å². The molecule has 2 unspecified atom stereocenters. The molecule has 6 aliphatic rings. The molecule has 4 aliphatic carbocycles. The fourth-order valence-corrected chi connectivity index (χ4v) is 10.8. The van der Waals surface area contributed by atoms with Crippen LogP contribution in [0.25, 0.3) is 44.6 Å². The van der Waals surface area contributed by atoms with Crippen LogP contribution >= 0.6 is 0 Å². The minimum atomic E-state index is -0.129. The summed E-state index contributed by atoms with van der Waals surface area (Å²) < 4.78 is 2.49. The summed E-state index contributed by atoms with van der Waals surface area (Å²) in [4.78, 5) is 10.0. The molecular weight excluding hydrogens is 693 g/mol. The molecule has 4 nitrogen and oxygen atoms in total. The topological polar surface area (TPSA) is 24.3 Å². The van der Waals surface area contributed by atoms with E-state index in [0.29, 0.717) is 5.92 Å². The van der Waals surface area contributed by atoms with Crippen LogP contribution in [-0.2, 0) is 0 Å². The number of allylic oxidation sites excluding steroid dienone is 14. The number of rotatable bonds is 4. The number of hydrogen-bond donors (Lipinski definition) is 0. The Hall–Kier alpha value is -6.13. The second kappa shape index (κ2) is 13.0. The van der Waals surface area contributed by atoms with E-state index in [1.807, 2.05) is 12.3 Å². The molecule has 3 aromatic carbocycles. The summed E-state index contributed by atoms with van der Waals surface area (Å²) >= 11 is 0. The van der Waals surface area contributed by atoms with Gasteiger partial charge in [-0.3, -0.25) is 4.98 Å². The lowest BCUT2D eigenvalue weighted by molar-refractivity contribution is 0.394. The Morgan fingerprint density at radius 3 is 2.60 bits per heavy atom. The zero-order chi connectivity index (χ0) is 38.4. The van der Waals surface area contributed by atoms with Crippen molar-refractivity contribution in [3.05, 3.63) is 191 Å². The molecule has 2 aliphatic heterocycles. The van der Waals surface area contributed by atoms with Crippen molar-refractivity contribution in [3.8, 4) is 16.9 Å². The van der Waals surface area contributed by atoms with Crippen LogP contribution in [0.3, 0.4) is 0 Å². The van der Waals surface area contributed by atoms with Crippen LogP contribution in [0.15, 0.2) is 174 Å². The quantitative estimate of drug-likeness (QED) is 0.183. The van der Waals surface area contributed by atoms with Crippen LogP contribution in [0.4, 0.5) is 5.69 Å². The van der Waals surface area contributed by atoms with Crippen molar-refractivity contribution in [1.82, 2.24) is 14.5 Å². The van der Waals surface area contributed by atoms with Gasteiger partial charge in [0.05, 0.1) is 22.8 Å². The van der Waals surface area contributed by atoms with E-state index in [-0.39, 0.29) is 11.6 Å². The number of likely N-dealkylation sites (N-methyl/N-ethyl adjacent to an activating group) is 1. The van der Waals surface area contributed by atoms with Crippen LogP contribution in [0.5, 0.6) is 0 Å². The first-order chi connectivity index (χ1) is 27.9. The molecule has 4 heteroatoms. The molecule has 4 heterocycles. The summed E-state index contributed by atoms with van der Waals surface area (Å²) in [6.45, 7) is 7.27. The van der Waals surface area contributed by atoms with Gasteiger partial charge in [-0.15, -0.1) is 0 Å². The Labute approximate surface area is 336 Å². The third-order valence-corrected chi connectivity index (χ3v) is 13.4. The summed E-state index contributed by atoms with van der Waals surface area (Å²) in [7, 11) is 2.25. The van der Waals surface area contributed by atoms with Crippen LogP contribution in [0.1, 0.15) is 69.7 Å². The van der Waals surface area contributed by atoms with E-state index >= 15 is 0 Å². The molecule has 0 saturated heterocycles. The number of aromatic nitrogens is 2. The second-order valence-corrected chi connectivity index (χ2v) is 17.1. The lowest BCUT2D eigenvalue weighted by Crippen LogP contribution is -2.46. The number of pyridine rings is 1. The average Bonchev–Trinajstić information content (AvgIpc) is 3.75. The van der Waals surface area contributed by atoms with Crippen molar-refractivity contribution in [3.63, 3.8) is 0 Å². The summed E-state index contributed by atoms with van der Waals surface area (Å²) in [5.74, 6) is 0.533. The van der Waals surface area contributed by atoms with Crippen molar-refractivity contribution in [2.45, 2.75) is 59.0 Å². The average molecular weight is 741 g/mol. The summed E-state index contributed by atoms with van der Waals surface area (Å²) in [5.41, 5.74) is 19.9. The van der Waals surface area contributed by atoms with E-state index in [2.05, 4.69) is 176 Å². The van der Waals surface area contributed by atoms with Crippen molar-refractivity contribution >= 4 is 33.3 Å². The number of nitrogens with zero attached hydrogens (tertiary/aromatic N) is 4. The molecule has 11 rings (SSSR count). The van der Waals surface area contributed by atoms with Crippen molar-refractivity contribution < 1.29 is 0 Å². The minimum absolute atomic E-state index is 0.0801. The Morgan fingerprint density at radius 1 is 0.825 bits per heavy atom. The van der Waals surface area contributed by atoms with Gasteiger partial charge in [0.1, 0.15) is 6.17 Å². The molecular formula is C53H48N4. The maximum Gasteiger partial charge on any atom is 0.125 e. The van der Waals surface area contributed by atoms with Crippen LogP contribution in [0, 0.1) is 11.3 Å². The highest BCUT2D eigenvalue weighted by molar-refractivity contribution is 6.09. The van der Waals surface area contributed by atoms with Crippen molar-refractivity contribution in [1.29, 1.82) is 0 Å². The molecule has 0 amide bonds. The van der Waals surface area contributed by atoms with Gasteiger partial charge in [-0.05, 0) is 119 Å². The first kappa shape index (κ1) is 34.1. The third kappa shape index (κ3) is 5.16. The normalized spacial score (nSPS) is 21.9. The summed E-state index contributed by atoms with van der Waals surface area (Å²) in [6, 6.07) is 31.6. The van der Waals surface area contributed by atoms with Crippen LogP contribution in [0.2, 0.25) is 0 Å². The van der Waals surface area contributed by atoms with Crippen molar-refractivity contribution in [2.75, 3.05) is 11.9 Å². The van der Waals surface area contributed by atoms with Gasteiger partial charge in [-0.1, -0.05) is 112 Å². The number of benzene rings is 3. The molecule has 0 N–H and O–H groups in total. The highest BCUT2D eigenvalue weighted by Gasteiger charge is 2.47. The van der Waals surface area contributed by atoms with Gasteiger partial charge in [0.25, 0.3) is 0 Å². The molecule has 0 bridgehead atoms. The molecule has 5 aromatic rings. The summed E-state index contributed by atoms with van der Waals surface area (Å²) in [5, 5.41) is 2.52. The van der Waals surface area contributed by atoms with E-state index in [1.54, 1.807) is 11.1 Å². The molecule has 280 valence electrons. The lowest BCUT2D eigenvalue weighted by Gasteiger charge is -2.44. The van der Waals surface area contributed by atoms with Gasteiger partial charge in [-0.25, -0.2) is 0 Å². The molecule has 57 heavy (non-hydrogen) atoms. The predicted molar refractivity (Wildman–Crippen MR) is 237 cm³/mol. The predicted octanol–water partition coefficient (Wildman–Crippen LogP) is 12.8. The number of hydrogen-bond acceptors (Lipinski definition) is 3. The van der Waals surface area contributed by atoms with Gasteiger partial charge in [0.15, 0.2) is 0 Å². The Balaban J connectivity index is 1.20. The number of anilines is 1. The van der Waals surface area contributed by atoms with E-state index in [9.17, 15) is 0 Å². The second-order valence-electron chi connectivity index (χ2n) is 17.1. The van der Waals surface area contributed by atoms with Crippen LogP contribution < -0.4 is 4.90 Å². The molecule has 0 spiro atoms. The zero-order valence-electron chi connectivity index (χ0n) is 33.3. The lowest BCUT2D eigenvalue weighted by atomic mass is 9.72. The zero-order valence-corrected chi connectivity index (χ0v) is 33.3. The number of fused-ring (bicyclic) bond motifs is 8. The molecule has 2 atom stereocenters. The smallest absolute Gasteiger partial charge is 0.125 e. The van der Waals surface area contributed by atoms with E-state index in [4.69, 9.17) is 4.98 Å². The van der Waals surface area contributed by atoms with Gasteiger partial charge in [-0.2, -0.15) is 0 Å². The monoisotopic (exact) mass is 740 g/mol. The van der Waals surface area contributed by atoms with Crippen molar-refractivity contribution in [2.24, 2.45) is 11.3 Å². The molecule has 2 aromatic heterocycles. The van der Waals surface area contributed by atoms with E-state index < -0.39 is 0 Å². The largest absolute Gasteiger partial charge is 0.349 e. The molecule has 0 radical (unpaired) electrons. The summed E-state index contributed by atoms with van der Waals surface area (Å²) in [6.07, 6.45) is 28.3. The minimum Gasteiger partial charge on any atom is -0.349 e. The highest BCUT2D eigenvalue weighted by Crippen LogP contribution is 2.62. The van der Waals surface area contributed by atoms with E-state index in [0.717, 1.165) is 43.5 Å². The first-order valence-corrected chi connectivity index (χ1v) is 20.8.